The summed E-state index contributed by atoms with van der Waals surface area (Å²) in [5.41, 5.74) is 1.66. The van der Waals surface area contributed by atoms with Crippen LogP contribution < -0.4 is 5.32 Å². The van der Waals surface area contributed by atoms with Gasteiger partial charge in [-0.2, -0.15) is 0 Å². The van der Waals surface area contributed by atoms with Crippen LogP contribution in [0.3, 0.4) is 0 Å². The molecule has 0 saturated heterocycles. The van der Waals surface area contributed by atoms with Gasteiger partial charge in [0.05, 0.1) is 24.0 Å². The second-order valence-corrected chi connectivity index (χ2v) is 5.04. The molecule has 0 aliphatic carbocycles. The fraction of sp³-hybridized carbons (Fsp3) is 0.167. The van der Waals surface area contributed by atoms with Gasteiger partial charge in [0, 0.05) is 5.39 Å². The molecule has 0 spiro atoms. The number of rotatable bonds is 5. The highest BCUT2D eigenvalue weighted by molar-refractivity contribution is 6.07. The molecule has 1 amide bonds. The minimum atomic E-state index is -0.476. The molecule has 0 fully saturated rings. The Labute approximate surface area is 138 Å². The lowest BCUT2D eigenvalue weighted by Crippen LogP contribution is -2.30. The van der Waals surface area contributed by atoms with Gasteiger partial charge in [0.1, 0.15) is 12.2 Å². The van der Waals surface area contributed by atoms with Gasteiger partial charge in [0.25, 0.3) is 5.91 Å². The predicted molar refractivity (Wildman–Crippen MR) is 88.4 cm³/mol. The molecule has 6 nitrogen and oxygen atoms in total. The summed E-state index contributed by atoms with van der Waals surface area (Å²) < 4.78 is 10.2. The second kappa shape index (κ2) is 6.95. The van der Waals surface area contributed by atoms with Gasteiger partial charge in [-0.25, -0.2) is 4.98 Å². The van der Waals surface area contributed by atoms with E-state index in [0.29, 0.717) is 27.9 Å². The fourth-order valence-corrected chi connectivity index (χ4v) is 2.37. The number of pyridine rings is 1. The predicted octanol–water partition coefficient (Wildman–Crippen LogP) is 2.79. The van der Waals surface area contributed by atoms with Crippen LogP contribution in [0.2, 0.25) is 0 Å². The number of nitrogens with zero attached hydrogens (tertiary/aromatic N) is 1. The number of esters is 1. The maximum Gasteiger partial charge on any atom is 0.325 e. The first-order valence-electron chi connectivity index (χ1n) is 7.56. The van der Waals surface area contributed by atoms with Crippen LogP contribution in [0.15, 0.2) is 53.1 Å². The lowest BCUT2D eigenvalue weighted by atomic mass is 10.1. The molecule has 0 unspecified atom stereocenters. The van der Waals surface area contributed by atoms with Crippen molar-refractivity contribution in [3.8, 4) is 11.5 Å². The molecule has 1 N–H and O–H groups in total. The largest absolute Gasteiger partial charge is 0.465 e. The fourth-order valence-electron chi connectivity index (χ4n) is 2.37. The third-order valence-corrected chi connectivity index (χ3v) is 3.43. The summed E-state index contributed by atoms with van der Waals surface area (Å²) in [6, 6.07) is 12.5. The number of amides is 1. The van der Waals surface area contributed by atoms with E-state index in [2.05, 4.69) is 10.3 Å². The Morgan fingerprint density at radius 1 is 1.21 bits per heavy atom. The van der Waals surface area contributed by atoms with E-state index in [1.165, 1.54) is 0 Å². The zero-order valence-corrected chi connectivity index (χ0v) is 13.1. The number of fused-ring (bicyclic) bond motifs is 1. The average molecular weight is 324 g/mol. The van der Waals surface area contributed by atoms with Gasteiger partial charge in [-0.05, 0) is 31.2 Å². The molecule has 6 heteroatoms. The van der Waals surface area contributed by atoms with Gasteiger partial charge in [0.15, 0.2) is 5.76 Å². The molecule has 0 saturated carbocycles. The van der Waals surface area contributed by atoms with Crippen molar-refractivity contribution in [2.75, 3.05) is 13.2 Å². The minimum Gasteiger partial charge on any atom is -0.465 e. The van der Waals surface area contributed by atoms with Crippen molar-refractivity contribution in [3.05, 3.63) is 54.3 Å². The van der Waals surface area contributed by atoms with Crippen molar-refractivity contribution in [1.82, 2.24) is 10.3 Å². The van der Waals surface area contributed by atoms with E-state index in [4.69, 9.17) is 9.15 Å². The Bertz CT molecular complexity index is 872. The molecule has 0 aliphatic rings. The number of carbonyl (C=O) groups is 2. The van der Waals surface area contributed by atoms with E-state index >= 15 is 0 Å². The molecule has 122 valence electrons. The van der Waals surface area contributed by atoms with E-state index in [-0.39, 0.29) is 19.1 Å². The van der Waals surface area contributed by atoms with Gasteiger partial charge >= 0.3 is 5.97 Å². The van der Waals surface area contributed by atoms with Gasteiger partial charge in [-0.15, -0.1) is 0 Å². The Hall–Kier alpha value is -3.15. The summed E-state index contributed by atoms with van der Waals surface area (Å²) in [7, 11) is 0. The van der Waals surface area contributed by atoms with Gasteiger partial charge in [-0.1, -0.05) is 18.2 Å². The number of para-hydroxylation sites is 1. The van der Waals surface area contributed by atoms with E-state index in [1.54, 1.807) is 31.4 Å². The second-order valence-electron chi connectivity index (χ2n) is 5.04. The van der Waals surface area contributed by atoms with Crippen LogP contribution >= 0.6 is 0 Å². The summed E-state index contributed by atoms with van der Waals surface area (Å²) in [4.78, 5) is 28.5. The van der Waals surface area contributed by atoms with Crippen molar-refractivity contribution in [2.45, 2.75) is 6.92 Å². The summed E-state index contributed by atoms with van der Waals surface area (Å²) in [6.07, 6.45) is 1.55. The number of hydrogen-bond acceptors (Lipinski definition) is 5. The molecule has 3 rings (SSSR count). The maximum absolute atomic E-state index is 12.5. The Kier molecular flexibility index (Phi) is 4.56. The molecular weight excluding hydrogens is 308 g/mol. The molecular formula is C18H16N2O4. The number of ether oxygens (including phenoxy) is 1. The van der Waals surface area contributed by atoms with Crippen molar-refractivity contribution in [1.29, 1.82) is 0 Å². The molecule has 2 aromatic heterocycles. The van der Waals surface area contributed by atoms with Crippen molar-refractivity contribution in [3.63, 3.8) is 0 Å². The molecule has 0 atom stereocenters. The first-order chi connectivity index (χ1) is 11.7. The highest BCUT2D eigenvalue weighted by atomic mass is 16.5. The quantitative estimate of drug-likeness (QED) is 0.730. The third kappa shape index (κ3) is 3.27. The van der Waals surface area contributed by atoms with Crippen LogP contribution in [0.1, 0.15) is 17.3 Å². The first-order valence-corrected chi connectivity index (χ1v) is 7.56. The van der Waals surface area contributed by atoms with Crippen molar-refractivity contribution in [2.24, 2.45) is 0 Å². The normalized spacial score (nSPS) is 10.5. The van der Waals surface area contributed by atoms with Crippen LogP contribution in [-0.4, -0.2) is 30.0 Å². The van der Waals surface area contributed by atoms with Crippen molar-refractivity contribution >= 4 is 22.8 Å². The molecule has 0 radical (unpaired) electrons. The first kappa shape index (κ1) is 15.7. The highest BCUT2D eigenvalue weighted by Gasteiger charge is 2.15. The highest BCUT2D eigenvalue weighted by Crippen LogP contribution is 2.25. The number of furan rings is 1. The number of benzene rings is 1. The van der Waals surface area contributed by atoms with E-state index in [9.17, 15) is 9.59 Å². The summed E-state index contributed by atoms with van der Waals surface area (Å²) >= 11 is 0. The summed E-state index contributed by atoms with van der Waals surface area (Å²) in [5.74, 6) is -0.273. The van der Waals surface area contributed by atoms with Crippen LogP contribution in [0.4, 0.5) is 0 Å². The van der Waals surface area contributed by atoms with Gasteiger partial charge in [0.2, 0.25) is 0 Å². The number of aromatic nitrogens is 1. The molecule has 0 bridgehead atoms. The molecule has 0 aliphatic heterocycles. The van der Waals surface area contributed by atoms with Crippen LogP contribution in [0, 0.1) is 0 Å². The Morgan fingerprint density at radius 2 is 2.04 bits per heavy atom. The minimum absolute atomic E-state index is 0.181. The topological polar surface area (TPSA) is 81.4 Å². The van der Waals surface area contributed by atoms with E-state index < -0.39 is 5.97 Å². The van der Waals surface area contributed by atoms with Crippen LogP contribution in [-0.2, 0) is 9.53 Å². The monoisotopic (exact) mass is 324 g/mol. The number of nitrogens with one attached hydrogen (secondary N) is 1. The lowest BCUT2D eigenvalue weighted by Gasteiger charge is -2.09. The zero-order valence-electron chi connectivity index (χ0n) is 13.1. The standard InChI is InChI=1S/C18H16N2O4/c1-2-23-17(21)11-19-18(22)13-10-15(16-8-5-9-24-16)20-14-7-4-3-6-12(13)14/h3-10H,2,11H2,1H3,(H,19,22). The van der Waals surface area contributed by atoms with Gasteiger partial charge < -0.3 is 14.5 Å². The Morgan fingerprint density at radius 3 is 2.79 bits per heavy atom. The SMILES string of the molecule is CCOC(=O)CNC(=O)c1cc(-c2ccco2)nc2ccccc12. The van der Waals surface area contributed by atoms with Crippen LogP contribution in [0.5, 0.6) is 0 Å². The summed E-state index contributed by atoms with van der Waals surface area (Å²) in [5, 5.41) is 3.28. The Balaban J connectivity index is 1.96. The summed E-state index contributed by atoms with van der Waals surface area (Å²) in [6.45, 7) is 1.81. The smallest absolute Gasteiger partial charge is 0.325 e. The molecule has 24 heavy (non-hydrogen) atoms. The lowest BCUT2D eigenvalue weighted by molar-refractivity contribution is -0.141. The molecule has 2 heterocycles. The van der Waals surface area contributed by atoms with Crippen molar-refractivity contribution < 1.29 is 18.7 Å². The van der Waals surface area contributed by atoms with E-state index in [1.807, 2.05) is 24.3 Å². The van der Waals surface area contributed by atoms with Gasteiger partial charge in [-0.3, -0.25) is 9.59 Å². The third-order valence-electron chi connectivity index (χ3n) is 3.43. The number of carbonyl (C=O) groups excluding carboxylic acids is 2. The van der Waals surface area contributed by atoms with E-state index in [0.717, 1.165) is 0 Å². The molecule has 3 aromatic rings. The number of hydrogen-bond donors (Lipinski definition) is 1. The average Bonchev–Trinajstić information content (AvgIpc) is 3.13. The maximum atomic E-state index is 12.5. The molecule has 1 aromatic carbocycles. The zero-order chi connectivity index (χ0) is 16.9. The van der Waals surface area contributed by atoms with Crippen LogP contribution in [0.25, 0.3) is 22.4 Å².